The maximum Gasteiger partial charge on any atom is 0.326 e. The van der Waals surface area contributed by atoms with Crippen LogP contribution in [0.25, 0.3) is 11.4 Å². The SMILES string of the molecule is C[C@@H](C(=O)O)N(c1ccc(F)cc1)c1nc(Cl)c(C(=O)c2nc(-c3cnn(C)c3)no2)s1. The van der Waals surface area contributed by atoms with Gasteiger partial charge < -0.3 is 14.5 Å². The van der Waals surface area contributed by atoms with Gasteiger partial charge >= 0.3 is 5.97 Å². The highest BCUT2D eigenvalue weighted by molar-refractivity contribution is 7.18. The van der Waals surface area contributed by atoms with E-state index >= 15 is 0 Å². The highest BCUT2D eigenvalue weighted by Gasteiger charge is 2.30. The molecule has 0 saturated heterocycles. The lowest BCUT2D eigenvalue weighted by molar-refractivity contribution is -0.138. The number of halogens is 2. The van der Waals surface area contributed by atoms with Crippen LogP contribution in [0.3, 0.4) is 0 Å². The van der Waals surface area contributed by atoms with Crippen LogP contribution in [0.4, 0.5) is 15.2 Å². The number of aromatic nitrogens is 5. The third kappa shape index (κ3) is 4.09. The first-order valence-electron chi connectivity index (χ1n) is 9.06. The Hall–Kier alpha value is -3.64. The van der Waals surface area contributed by atoms with Crippen molar-refractivity contribution in [1.29, 1.82) is 0 Å². The number of thiazole rings is 1. The van der Waals surface area contributed by atoms with Gasteiger partial charge in [0.1, 0.15) is 16.7 Å². The number of benzene rings is 1. The van der Waals surface area contributed by atoms with Crippen LogP contribution in [0.2, 0.25) is 5.15 Å². The van der Waals surface area contributed by atoms with Crippen LogP contribution in [0.5, 0.6) is 0 Å². The summed E-state index contributed by atoms with van der Waals surface area (Å²) in [5.74, 6) is -2.42. The van der Waals surface area contributed by atoms with E-state index in [1.807, 2.05) is 0 Å². The largest absolute Gasteiger partial charge is 0.480 e. The Morgan fingerprint density at radius 1 is 1.28 bits per heavy atom. The molecule has 164 valence electrons. The fraction of sp³-hybridized carbons (Fsp3) is 0.158. The van der Waals surface area contributed by atoms with Crippen molar-refractivity contribution in [2.24, 2.45) is 7.05 Å². The average molecular weight is 477 g/mol. The molecule has 4 aromatic rings. The van der Waals surface area contributed by atoms with Gasteiger partial charge in [-0.1, -0.05) is 28.1 Å². The third-order valence-electron chi connectivity index (χ3n) is 4.42. The summed E-state index contributed by atoms with van der Waals surface area (Å²) < 4.78 is 20.0. The van der Waals surface area contributed by atoms with Gasteiger partial charge in [0.2, 0.25) is 5.82 Å². The van der Waals surface area contributed by atoms with Crippen LogP contribution in [0.1, 0.15) is 22.5 Å². The number of hydrogen-bond acceptors (Lipinski definition) is 9. The second-order valence-electron chi connectivity index (χ2n) is 6.63. The highest BCUT2D eigenvalue weighted by Crippen LogP contribution is 2.36. The monoisotopic (exact) mass is 476 g/mol. The second-order valence-corrected chi connectivity index (χ2v) is 7.97. The molecule has 0 radical (unpaired) electrons. The van der Waals surface area contributed by atoms with Crippen LogP contribution >= 0.6 is 22.9 Å². The van der Waals surface area contributed by atoms with Crippen molar-refractivity contribution < 1.29 is 23.6 Å². The number of nitrogens with zero attached hydrogens (tertiary/aromatic N) is 6. The van der Waals surface area contributed by atoms with Gasteiger partial charge in [0.05, 0.1) is 11.8 Å². The average Bonchev–Trinajstić information content (AvgIpc) is 3.49. The molecule has 0 aliphatic heterocycles. The summed E-state index contributed by atoms with van der Waals surface area (Å²) in [6.07, 6.45) is 3.18. The van der Waals surface area contributed by atoms with E-state index < -0.39 is 23.6 Å². The van der Waals surface area contributed by atoms with Gasteiger partial charge in [-0.3, -0.25) is 9.48 Å². The van der Waals surface area contributed by atoms with E-state index in [9.17, 15) is 19.1 Å². The van der Waals surface area contributed by atoms with Gasteiger partial charge in [-0.15, -0.1) is 0 Å². The summed E-state index contributed by atoms with van der Waals surface area (Å²) in [6, 6.07) is 4.12. The first-order chi connectivity index (χ1) is 15.2. The molecular weight excluding hydrogens is 463 g/mol. The summed E-state index contributed by atoms with van der Waals surface area (Å²) in [5, 5.41) is 17.3. The number of carbonyl (C=O) groups is 2. The topological polar surface area (TPSA) is 127 Å². The Kier molecular flexibility index (Phi) is 5.72. The Morgan fingerprint density at radius 3 is 2.62 bits per heavy atom. The smallest absolute Gasteiger partial charge is 0.326 e. The summed E-state index contributed by atoms with van der Waals surface area (Å²) in [7, 11) is 1.72. The first kappa shape index (κ1) is 21.6. The summed E-state index contributed by atoms with van der Waals surface area (Å²) in [5.41, 5.74) is 0.923. The van der Waals surface area contributed by atoms with Gasteiger partial charge in [0.25, 0.3) is 11.7 Å². The highest BCUT2D eigenvalue weighted by atomic mass is 35.5. The fourth-order valence-electron chi connectivity index (χ4n) is 2.81. The molecule has 3 aromatic heterocycles. The van der Waals surface area contributed by atoms with Crippen LogP contribution in [0, 0.1) is 5.82 Å². The molecule has 1 aromatic carbocycles. The normalized spacial score (nSPS) is 12.0. The molecule has 0 aliphatic rings. The zero-order chi connectivity index (χ0) is 23.0. The maximum absolute atomic E-state index is 13.4. The lowest BCUT2D eigenvalue weighted by Gasteiger charge is -2.25. The molecule has 0 bridgehead atoms. The minimum atomic E-state index is -1.15. The molecule has 0 spiro atoms. The van der Waals surface area contributed by atoms with E-state index in [1.165, 1.54) is 42.3 Å². The molecule has 13 heteroatoms. The number of rotatable bonds is 7. The van der Waals surface area contributed by atoms with E-state index in [0.717, 1.165) is 11.3 Å². The van der Waals surface area contributed by atoms with Crippen molar-refractivity contribution in [2.75, 3.05) is 4.90 Å². The molecule has 1 atom stereocenters. The molecular formula is C19H14ClFN6O4S. The molecule has 4 rings (SSSR count). The molecule has 0 unspecified atom stereocenters. The lowest BCUT2D eigenvalue weighted by atomic mass is 10.2. The molecule has 10 nitrogen and oxygen atoms in total. The molecule has 32 heavy (non-hydrogen) atoms. The lowest BCUT2D eigenvalue weighted by Crippen LogP contribution is -2.35. The van der Waals surface area contributed by atoms with Crippen molar-refractivity contribution in [2.45, 2.75) is 13.0 Å². The predicted molar refractivity (Wildman–Crippen MR) is 113 cm³/mol. The quantitative estimate of drug-likeness (QED) is 0.398. The third-order valence-corrected chi connectivity index (χ3v) is 5.86. The number of carboxylic acids is 1. The molecule has 3 heterocycles. The van der Waals surface area contributed by atoms with Crippen LogP contribution in [0.15, 0.2) is 41.2 Å². The van der Waals surface area contributed by atoms with E-state index in [0.29, 0.717) is 11.3 Å². The van der Waals surface area contributed by atoms with E-state index in [1.54, 1.807) is 17.9 Å². The Labute approximate surface area is 188 Å². The summed E-state index contributed by atoms with van der Waals surface area (Å²) in [4.78, 5) is 34.2. The Morgan fingerprint density at radius 2 is 2.00 bits per heavy atom. The first-order valence-corrected chi connectivity index (χ1v) is 10.3. The molecule has 0 saturated carbocycles. The standard InChI is InChI=1S/C19H14ClFN6O4S/c1-9(18(29)30)27(12-5-3-11(21)4-6-12)19-23-15(20)14(32-19)13(28)17-24-16(25-31-17)10-7-22-26(2)8-10/h3-9H,1-2H3,(H,29,30)/t9-/m0/s1. The van der Waals surface area contributed by atoms with Crippen molar-refractivity contribution in [1.82, 2.24) is 24.9 Å². The molecule has 0 amide bonds. The zero-order valence-corrected chi connectivity index (χ0v) is 18.1. The minimum absolute atomic E-state index is 0.00671. The van der Waals surface area contributed by atoms with E-state index in [2.05, 4.69) is 20.2 Å². The van der Waals surface area contributed by atoms with E-state index in [-0.39, 0.29) is 26.9 Å². The van der Waals surface area contributed by atoms with Crippen molar-refractivity contribution in [3.05, 3.63) is 58.4 Å². The van der Waals surface area contributed by atoms with Gasteiger partial charge in [0, 0.05) is 18.9 Å². The minimum Gasteiger partial charge on any atom is -0.480 e. The zero-order valence-electron chi connectivity index (χ0n) is 16.6. The number of aryl methyl sites for hydroxylation is 1. The number of carboxylic acid groups (broad SMARTS) is 1. The van der Waals surface area contributed by atoms with Crippen molar-refractivity contribution in [3.63, 3.8) is 0 Å². The summed E-state index contributed by atoms with van der Waals surface area (Å²) in [6.45, 7) is 1.43. The number of anilines is 2. The molecule has 1 N–H and O–H groups in total. The van der Waals surface area contributed by atoms with Crippen LogP contribution < -0.4 is 4.90 Å². The van der Waals surface area contributed by atoms with Crippen molar-refractivity contribution in [3.8, 4) is 11.4 Å². The van der Waals surface area contributed by atoms with Crippen LogP contribution in [-0.4, -0.2) is 47.8 Å². The number of carbonyl (C=O) groups excluding carboxylic acids is 1. The number of aliphatic carboxylic acids is 1. The van der Waals surface area contributed by atoms with Gasteiger partial charge in [-0.25, -0.2) is 14.2 Å². The Balaban J connectivity index is 1.69. The van der Waals surface area contributed by atoms with Gasteiger partial charge in [0.15, 0.2) is 10.3 Å². The fourth-order valence-corrected chi connectivity index (χ4v) is 4.14. The molecule has 0 aliphatic carbocycles. The number of hydrogen-bond donors (Lipinski definition) is 1. The van der Waals surface area contributed by atoms with E-state index in [4.69, 9.17) is 16.1 Å². The van der Waals surface area contributed by atoms with Crippen LogP contribution in [-0.2, 0) is 11.8 Å². The predicted octanol–water partition coefficient (Wildman–Crippen LogP) is 3.56. The molecule has 0 fully saturated rings. The van der Waals surface area contributed by atoms with Crippen molar-refractivity contribution >= 4 is 45.5 Å². The maximum atomic E-state index is 13.4. The Bertz CT molecular complexity index is 1300. The van der Waals surface area contributed by atoms with Gasteiger partial charge in [-0.05, 0) is 31.2 Å². The van der Waals surface area contributed by atoms with Gasteiger partial charge in [-0.2, -0.15) is 10.1 Å². The summed E-state index contributed by atoms with van der Waals surface area (Å²) >= 11 is 7.06. The number of ketones is 1. The second kappa shape index (κ2) is 8.48.